The number of ether oxygens (including phenoxy) is 1. The second kappa shape index (κ2) is 11.0. The monoisotopic (exact) mass is 451 g/mol. The van der Waals surface area contributed by atoms with Gasteiger partial charge in [-0.15, -0.1) is 11.3 Å². The van der Waals surface area contributed by atoms with E-state index in [4.69, 9.17) is 9.72 Å². The van der Waals surface area contributed by atoms with Crippen molar-refractivity contribution in [3.8, 4) is 16.5 Å². The van der Waals surface area contributed by atoms with Crippen molar-refractivity contribution in [1.29, 1.82) is 0 Å². The molecule has 3 aromatic heterocycles. The van der Waals surface area contributed by atoms with E-state index in [1.165, 1.54) is 0 Å². The Balaban J connectivity index is 0.000000244. The van der Waals surface area contributed by atoms with Crippen LogP contribution in [-0.2, 0) is 0 Å². The van der Waals surface area contributed by atoms with Crippen LogP contribution in [0.25, 0.3) is 21.6 Å². The van der Waals surface area contributed by atoms with E-state index in [1.807, 2.05) is 89.4 Å². The van der Waals surface area contributed by atoms with Crippen molar-refractivity contribution < 1.29 is 9.53 Å². The number of aryl methyl sites for hydroxylation is 2. The molecule has 3 heterocycles. The lowest BCUT2D eigenvalue weighted by Gasteiger charge is -2.12. The number of Topliss-reactive ketones (excluding diaryl/α,β-unsaturated/α-hetero) is 1. The number of carbonyl (C=O) groups excluding carboxylic acids is 1. The summed E-state index contributed by atoms with van der Waals surface area (Å²) in [6.07, 6.45) is 0.0779. The number of hydrogen-bond donors (Lipinski definition) is 1. The molecule has 0 bridgehead atoms. The summed E-state index contributed by atoms with van der Waals surface area (Å²) >= 11 is 1.64. The van der Waals surface area contributed by atoms with Crippen molar-refractivity contribution in [2.45, 2.75) is 55.1 Å². The van der Waals surface area contributed by atoms with Gasteiger partial charge in [0.1, 0.15) is 5.69 Å². The van der Waals surface area contributed by atoms with Gasteiger partial charge in [-0.1, -0.05) is 39.5 Å². The smallest absolute Gasteiger partial charge is 0.242 e. The summed E-state index contributed by atoms with van der Waals surface area (Å²) in [6, 6.07) is 13.8. The number of H-pyrrole nitrogens is 1. The standard InChI is InChI=1S/C15H14N2OS.C10H15NO.CH4/c1-10(2)18-15-14(13-8-5-9-19-13)16-11-6-3-4-7-12(11)17-15;1-6(2)10(12)9-5-7(3)11-8(9)4;/h3-10H,1-2H3;5-6,11H,1-4H3;1H4. The number of fused-ring (bicyclic) bond motifs is 1. The zero-order valence-electron chi connectivity index (χ0n) is 18.9. The van der Waals surface area contributed by atoms with Gasteiger partial charge < -0.3 is 9.72 Å². The van der Waals surface area contributed by atoms with E-state index in [2.05, 4.69) is 9.97 Å². The molecule has 170 valence electrons. The third-order valence-corrected chi connectivity index (χ3v) is 5.46. The molecule has 1 aromatic carbocycles. The van der Waals surface area contributed by atoms with E-state index < -0.39 is 0 Å². The van der Waals surface area contributed by atoms with Crippen molar-refractivity contribution in [1.82, 2.24) is 15.0 Å². The molecule has 0 amide bonds. The van der Waals surface area contributed by atoms with Crippen LogP contribution in [0.3, 0.4) is 0 Å². The van der Waals surface area contributed by atoms with Crippen molar-refractivity contribution in [3.63, 3.8) is 0 Å². The Morgan fingerprint density at radius 3 is 2.16 bits per heavy atom. The summed E-state index contributed by atoms with van der Waals surface area (Å²) in [4.78, 5) is 25.0. The maximum Gasteiger partial charge on any atom is 0.242 e. The summed E-state index contributed by atoms with van der Waals surface area (Å²) in [5, 5.41) is 2.03. The number of benzene rings is 1. The molecule has 0 fully saturated rings. The van der Waals surface area contributed by atoms with E-state index in [0.717, 1.165) is 38.6 Å². The Morgan fingerprint density at radius 2 is 1.66 bits per heavy atom. The average molecular weight is 452 g/mol. The summed E-state index contributed by atoms with van der Waals surface area (Å²) in [7, 11) is 0. The van der Waals surface area contributed by atoms with Gasteiger partial charge >= 0.3 is 0 Å². The second-order valence-corrected chi connectivity index (χ2v) is 8.97. The number of aromatic amines is 1. The topological polar surface area (TPSA) is 67.9 Å². The number of thiophene rings is 1. The number of para-hydroxylation sites is 2. The summed E-state index contributed by atoms with van der Waals surface area (Å²) in [5.74, 6) is 0.909. The summed E-state index contributed by atoms with van der Waals surface area (Å²) < 4.78 is 5.81. The Labute approximate surface area is 194 Å². The Kier molecular flexibility index (Phi) is 8.72. The molecule has 0 aliphatic carbocycles. The van der Waals surface area contributed by atoms with Crippen LogP contribution in [0.15, 0.2) is 47.8 Å². The van der Waals surface area contributed by atoms with E-state index in [1.54, 1.807) is 11.3 Å². The minimum Gasteiger partial charge on any atom is -0.473 e. The van der Waals surface area contributed by atoms with Crippen LogP contribution in [0.1, 0.15) is 56.9 Å². The number of ketones is 1. The van der Waals surface area contributed by atoms with E-state index >= 15 is 0 Å². The van der Waals surface area contributed by atoms with Crippen LogP contribution in [0, 0.1) is 19.8 Å². The molecule has 0 aliphatic rings. The zero-order chi connectivity index (χ0) is 22.5. The molecule has 6 heteroatoms. The molecular weight excluding hydrogens is 418 g/mol. The van der Waals surface area contributed by atoms with Crippen LogP contribution in [0.2, 0.25) is 0 Å². The van der Waals surface area contributed by atoms with Crippen LogP contribution in [0.5, 0.6) is 5.88 Å². The van der Waals surface area contributed by atoms with Gasteiger partial charge in [0.25, 0.3) is 0 Å². The first-order chi connectivity index (χ1) is 14.8. The quantitative estimate of drug-likeness (QED) is 0.324. The number of nitrogens with zero attached hydrogens (tertiary/aromatic N) is 2. The third kappa shape index (κ3) is 6.04. The maximum absolute atomic E-state index is 11.6. The predicted molar refractivity (Wildman–Crippen MR) is 135 cm³/mol. The largest absolute Gasteiger partial charge is 0.473 e. The van der Waals surface area contributed by atoms with Gasteiger partial charge in [-0.05, 0) is 57.3 Å². The van der Waals surface area contributed by atoms with Crippen molar-refractivity contribution in [2.75, 3.05) is 0 Å². The van der Waals surface area contributed by atoms with Crippen LogP contribution >= 0.6 is 11.3 Å². The van der Waals surface area contributed by atoms with Crippen molar-refractivity contribution in [3.05, 3.63) is 64.8 Å². The Bertz CT molecular complexity index is 1160. The summed E-state index contributed by atoms with van der Waals surface area (Å²) in [5.41, 5.74) is 5.44. The second-order valence-electron chi connectivity index (χ2n) is 8.02. The fourth-order valence-electron chi connectivity index (χ4n) is 3.15. The molecule has 32 heavy (non-hydrogen) atoms. The van der Waals surface area contributed by atoms with Gasteiger partial charge in [0.15, 0.2) is 5.78 Å². The number of rotatable bonds is 5. The lowest BCUT2D eigenvalue weighted by atomic mass is 10.0. The molecule has 5 nitrogen and oxygen atoms in total. The van der Waals surface area contributed by atoms with E-state index in [0.29, 0.717) is 5.88 Å². The highest BCUT2D eigenvalue weighted by molar-refractivity contribution is 7.13. The lowest BCUT2D eigenvalue weighted by molar-refractivity contribution is 0.0939. The Hall–Kier alpha value is -2.99. The van der Waals surface area contributed by atoms with Gasteiger partial charge in [-0.3, -0.25) is 4.79 Å². The average Bonchev–Trinajstić information content (AvgIpc) is 3.36. The third-order valence-electron chi connectivity index (χ3n) is 4.58. The maximum atomic E-state index is 11.6. The number of hydrogen-bond acceptors (Lipinski definition) is 5. The molecule has 0 radical (unpaired) electrons. The zero-order valence-corrected chi connectivity index (χ0v) is 19.7. The SMILES string of the molecule is C.CC(C)Oc1nc2ccccc2nc1-c1cccs1.Cc1cc(C(=O)C(C)C)c(C)[nH]1. The molecule has 4 aromatic rings. The highest BCUT2D eigenvalue weighted by Crippen LogP contribution is 2.32. The van der Waals surface area contributed by atoms with Gasteiger partial charge in [-0.2, -0.15) is 0 Å². The van der Waals surface area contributed by atoms with Crippen LogP contribution in [0.4, 0.5) is 0 Å². The van der Waals surface area contributed by atoms with E-state index in [9.17, 15) is 4.79 Å². The van der Waals surface area contributed by atoms with Crippen LogP contribution < -0.4 is 4.74 Å². The van der Waals surface area contributed by atoms with Gasteiger partial charge in [0.2, 0.25) is 5.88 Å². The normalized spacial score (nSPS) is 10.6. The van der Waals surface area contributed by atoms with Gasteiger partial charge in [0.05, 0.1) is 22.0 Å². The molecule has 0 atom stereocenters. The highest BCUT2D eigenvalue weighted by Gasteiger charge is 2.15. The first-order valence-electron chi connectivity index (χ1n) is 10.4. The first-order valence-corrected chi connectivity index (χ1v) is 11.3. The minimum absolute atomic E-state index is 0. The first kappa shape index (κ1) is 25.3. The van der Waals surface area contributed by atoms with Crippen molar-refractivity contribution >= 4 is 28.2 Å². The van der Waals surface area contributed by atoms with Crippen LogP contribution in [-0.4, -0.2) is 26.8 Å². The molecule has 0 aliphatic heterocycles. The number of aromatic nitrogens is 3. The fraction of sp³-hybridized carbons (Fsp3) is 0.346. The molecular formula is C26H33N3O2S. The number of nitrogens with one attached hydrogen (secondary N) is 1. The molecule has 0 saturated heterocycles. The molecule has 0 spiro atoms. The lowest BCUT2D eigenvalue weighted by Crippen LogP contribution is -2.08. The fourth-order valence-corrected chi connectivity index (χ4v) is 3.86. The van der Waals surface area contributed by atoms with Gasteiger partial charge in [0, 0.05) is 22.9 Å². The minimum atomic E-state index is 0. The molecule has 4 rings (SSSR count). The molecule has 0 unspecified atom stereocenters. The predicted octanol–water partition coefficient (Wildman–Crippen LogP) is 7.25. The molecule has 1 N–H and O–H groups in total. The van der Waals surface area contributed by atoms with Crippen molar-refractivity contribution in [2.24, 2.45) is 5.92 Å². The number of carbonyl (C=O) groups is 1. The van der Waals surface area contributed by atoms with Gasteiger partial charge in [-0.25, -0.2) is 9.97 Å². The highest BCUT2D eigenvalue weighted by atomic mass is 32.1. The Morgan fingerprint density at radius 1 is 1.00 bits per heavy atom. The molecule has 0 saturated carbocycles. The summed E-state index contributed by atoms with van der Waals surface area (Å²) in [6.45, 7) is 11.7. The van der Waals surface area contributed by atoms with E-state index in [-0.39, 0.29) is 25.2 Å².